The summed E-state index contributed by atoms with van der Waals surface area (Å²) >= 11 is 0. The maximum absolute atomic E-state index is 15.4. The monoisotopic (exact) mass is 910 g/mol. The van der Waals surface area contributed by atoms with Gasteiger partial charge < -0.3 is 44.5 Å². The Kier molecular flexibility index (Phi) is 11.6. The Balaban J connectivity index is 0.000000164. The number of allylic oxidation sites excluding steroid dienone is 8. The average molecular weight is 911 g/mol. The van der Waals surface area contributed by atoms with Gasteiger partial charge in [0.25, 0.3) is 5.97 Å². The quantitative estimate of drug-likeness (QED) is 0.258. The lowest BCUT2D eigenvalue weighted by atomic mass is 9.46. The van der Waals surface area contributed by atoms with Crippen molar-refractivity contribution in [1.29, 1.82) is 0 Å². The molecule has 0 aromatic carbocycles. The van der Waals surface area contributed by atoms with Crippen molar-refractivity contribution in [3.63, 3.8) is 0 Å². The number of halogens is 1. The van der Waals surface area contributed by atoms with Gasteiger partial charge in [0, 0.05) is 40.4 Å². The van der Waals surface area contributed by atoms with Gasteiger partial charge in [-0.1, -0.05) is 45.4 Å². The van der Waals surface area contributed by atoms with Crippen molar-refractivity contribution in [1.82, 2.24) is 0 Å². The molecule has 0 spiro atoms. The first-order chi connectivity index (χ1) is 30.1. The second-order valence-electron chi connectivity index (χ2n) is 22.4. The van der Waals surface area contributed by atoms with Gasteiger partial charge in [0.15, 0.2) is 45.9 Å². The first-order valence-electron chi connectivity index (χ1n) is 23.2. The number of aliphatic carboxylic acids is 1. The molecule has 65 heavy (non-hydrogen) atoms. The number of ether oxygens (including phenoxy) is 4. The number of carboxylic acid groups (broad SMARTS) is 1. The summed E-state index contributed by atoms with van der Waals surface area (Å²) in [5, 5.41) is 50.0. The average Bonchev–Trinajstić information content (AvgIpc) is 3.82. The van der Waals surface area contributed by atoms with Crippen LogP contribution in [0.1, 0.15) is 107 Å². The molecule has 0 unspecified atom stereocenters. The Morgan fingerprint density at radius 2 is 1.12 bits per heavy atom. The highest BCUT2D eigenvalue weighted by atomic mass is 19.1. The minimum Gasteiger partial charge on any atom is -0.481 e. The predicted octanol–water partition coefficient (Wildman–Crippen LogP) is 4.69. The van der Waals surface area contributed by atoms with Gasteiger partial charge in [0.1, 0.15) is 19.4 Å². The van der Waals surface area contributed by atoms with Crippen molar-refractivity contribution in [2.75, 3.05) is 13.2 Å². The van der Waals surface area contributed by atoms with Gasteiger partial charge in [-0.3, -0.25) is 24.0 Å². The van der Waals surface area contributed by atoms with Crippen LogP contribution in [0.25, 0.3) is 0 Å². The van der Waals surface area contributed by atoms with Crippen LogP contribution >= 0.6 is 0 Å². The van der Waals surface area contributed by atoms with E-state index in [4.69, 9.17) is 28.8 Å². The topological polar surface area (TPSA) is 223 Å². The number of carbonyl (C=O) groups excluding carboxylic acids is 4. The van der Waals surface area contributed by atoms with Crippen molar-refractivity contribution in [2.24, 2.45) is 57.2 Å². The molecule has 14 nitrogen and oxygen atoms in total. The number of hydrogen-bond donors (Lipinski definition) is 5. The maximum atomic E-state index is 15.4. The summed E-state index contributed by atoms with van der Waals surface area (Å²) in [5.74, 6) is -4.06. The van der Waals surface area contributed by atoms with E-state index in [1.54, 1.807) is 45.9 Å². The summed E-state index contributed by atoms with van der Waals surface area (Å²) in [6.07, 6.45) is 9.94. The van der Waals surface area contributed by atoms with Gasteiger partial charge in [0.2, 0.25) is 0 Å². The molecular formula is C50H67FO14. The second-order valence-corrected chi connectivity index (χ2v) is 22.4. The molecule has 358 valence electrons. The number of fused-ring (bicyclic) bond motifs is 14. The smallest absolute Gasteiger partial charge is 0.300 e. The summed E-state index contributed by atoms with van der Waals surface area (Å²) < 4.78 is 40.4. The third-order valence-electron chi connectivity index (χ3n) is 18.1. The molecule has 0 radical (unpaired) electrons. The van der Waals surface area contributed by atoms with E-state index in [0.717, 1.165) is 25.3 Å². The summed E-state index contributed by atoms with van der Waals surface area (Å²) in [4.78, 5) is 59.2. The van der Waals surface area contributed by atoms with Crippen LogP contribution in [0, 0.1) is 57.2 Å². The van der Waals surface area contributed by atoms with Crippen LogP contribution in [0.5, 0.6) is 0 Å². The number of aliphatic hydroxyl groups excluding tert-OH is 4. The number of rotatable bonds is 4. The fraction of sp³-hybridized carbons (Fsp3) is 0.740. The minimum atomic E-state index is -1.37. The molecule has 0 bridgehead atoms. The summed E-state index contributed by atoms with van der Waals surface area (Å²) in [7, 11) is 0. The molecule has 8 aliphatic carbocycles. The van der Waals surface area contributed by atoms with Crippen molar-refractivity contribution >= 4 is 29.1 Å². The van der Waals surface area contributed by atoms with Crippen LogP contribution in [-0.4, -0.2) is 121 Å². The Morgan fingerprint density at radius 3 is 1.60 bits per heavy atom. The Bertz CT molecular complexity index is 2170. The molecule has 15 heteroatoms. The Morgan fingerprint density at radius 1 is 0.692 bits per heavy atom. The zero-order chi connectivity index (χ0) is 47.8. The lowest BCUT2D eigenvalue weighted by Gasteiger charge is -2.60. The third-order valence-corrected chi connectivity index (χ3v) is 18.1. The maximum Gasteiger partial charge on any atom is 0.300 e. The molecule has 8 fully saturated rings. The molecule has 10 rings (SSSR count). The number of ketones is 4. The molecule has 0 aromatic rings. The zero-order valence-electron chi connectivity index (χ0n) is 39.0. The van der Waals surface area contributed by atoms with E-state index < -0.39 is 94.6 Å². The van der Waals surface area contributed by atoms with Crippen molar-refractivity contribution in [3.8, 4) is 0 Å². The Labute approximate surface area is 379 Å². The normalized spacial score (nSPS) is 48.7. The zero-order valence-corrected chi connectivity index (χ0v) is 39.0. The van der Waals surface area contributed by atoms with Crippen LogP contribution in [0.15, 0.2) is 47.6 Å². The lowest BCUT2D eigenvalue weighted by molar-refractivity contribution is -0.226. The van der Waals surface area contributed by atoms with Crippen molar-refractivity contribution in [3.05, 3.63) is 47.6 Å². The first-order valence-corrected chi connectivity index (χ1v) is 23.2. The molecule has 17 atom stereocenters. The molecular weight excluding hydrogens is 844 g/mol. The van der Waals surface area contributed by atoms with Gasteiger partial charge >= 0.3 is 0 Å². The van der Waals surface area contributed by atoms with E-state index in [2.05, 4.69) is 6.92 Å². The van der Waals surface area contributed by atoms with Gasteiger partial charge in [-0.15, -0.1) is 0 Å². The number of alkyl halides is 1. The van der Waals surface area contributed by atoms with Crippen molar-refractivity contribution < 1.29 is 72.8 Å². The highest BCUT2D eigenvalue weighted by molar-refractivity contribution is 6.02. The number of carboxylic acids is 1. The van der Waals surface area contributed by atoms with Crippen LogP contribution < -0.4 is 0 Å². The van der Waals surface area contributed by atoms with Crippen LogP contribution in [-0.2, 0) is 42.9 Å². The molecule has 5 N–H and O–H groups in total. The van der Waals surface area contributed by atoms with Crippen molar-refractivity contribution in [2.45, 2.75) is 161 Å². The van der Waals surface area contributed by atoms with E-state index in [1.807, 2.05) is 26.8 Å². The van der Waals surface area contributed by atoms with E-state index in [1.165, 1.54) is 12.2 Å². The van der Waals surface area contributed by atoms with Gasteiger partial charge in [0.05, 0.1) is 24.4 Å². The SMILES string of the molecule is CC(=O)O.CC1(C)O[C@@H]2C[C@H]3[C@@H]4CCC5=CC(=O)C=C[C@]5(C)[C@H]4[C@@H](O)C[C@]3(C)[C@]2(C(=O)CO)O1.CC1(C)O[C@@H]2C[C@H]3[C@@H]4C[C@H](F)C5=CC(=O)C=C[C@]5(C)[C@H]4[C@@H](O)C[C@]3(C)[C@]2(C(=O)CO)O1. The van der Waals surface area contributed by atoms with Gasteiger partial charge in [-0.25, -0.2) is 4.39 Å². The van der Waals surface area contributed by atoms with Crippen LogP contribution in [0.3, 0.4) is 0 Å². The lowest BCUT2D eigenvalue weighted by Crippen LogP contribution is -2.64. The fourth-order valence-corrected chi connectivity index (χ4v) is 16.1. The number of carbonyl (C=O) groups is 5. The second kappa shape index (κ2) is 15.6. The highest BCUT2D eigenvalue weighted by Crippen LogP contribution is 2.72. The van der Waals surface area contributed by atoms with E-state index in [9.17, 15) is 39.6 Å². The van der Waals surface area contributed by atoms with E-state index >= 15 is 4.39 Å². The number of hydrogen-bond acceptors (Lipinski definition) is 13. The first kappa shape index (κ1) is 48.2. The summed E-state index contributed by atoms with van der Waals surface area (Å²) in [6.45, 7) is 14.9. The molecule has 2 saturated heterocycles. The van der Waals surface area contributed by atoms with E-state index in [0.29, 0.717) is 24.8 Å². The largest absolute Gasteiger partial charge is 0.481 e. The molecule has 0 amide bonds. The highest BCUT2D eigenvalue weighted by Gasteiger charge is 2.78. The number of Topliss-reactive ketones (excluding diaryl/α,β-unsaturated/α-hetero) is 2. The summed E-state index contributed by atoms with van der Waals surface area (Å²) in [6, 6.07) is 0. The molecule has 0 aromatic heterocycles. The minimum absolute atomic E-state index is 0.0167. The third kappa shape index (κ3) is 6.78. The van der Waals surface area contributed by atoms with Crippen LogP contribution in [0.4, 0.5) is 4.39 Å². The van der Waals surface area contributed by atoms with Crippen LogP contribution in [0.2, 0.25) is 0 Å². The predicted molar refractivity (Wildman–Crippen MR) is 230 cm³/mol. The summed E-state index contributed by atoms with van der Waals surface area (Å²) in [5.41, 5.74) is -3.62. The standard InChI is InChI=1S/C24H31FO6.C24H32O6.C2H4O2/c1-21(2)30-19-9-14-13-8-16(25)15-7-12(27)5-6-22(15,3)20(13)17(28)10-23(14,4)24(19,31-21)18(29)11-26;1-21(2)29-19-10-16-15-6-5-13-9-14(26)7-8-22(13,3)20(15)17(27)11-23(16,4)24(19,30-21)18(28)12-25;1-2(3)4/h5-7,13-14,16-17,19-20,26,28H,8-11H2,1-4H3;7-9,15-17,19-20,25,27H,5-6,10-12H2,1-4H3;1H3,(H,3,4)/t13-,14-,16-,17-,19+,20+,22-,23-,24+;15-,16-,17-,19+,20+,22-,23-,24+;/m00./s1. The van der Waals surface area contributed by atoms with Gasteiger partial charge in [-0.2, -0.15) is 0 Å². The molecule has 2 aliphatic heterocycles. The number of aliphatic hydroxyl groups is 4. The van der Waals surface area contributed by atoms with E-state index in [-0.39, 0.29) is 71.1 Å². The fourth-order valence-electron chi connectivity index (χ4n) is 16.1. The molecule has 6 saturated carbocycles. The van der Waals surface area contributed by atoms with Gasteiger partial charge in [-0.05, 0) is 126 Å². The Hall–Kier alpha value is -3.28. The molecule has 10 aliphatic rings. The molecule has 2 heterocycles.